The first-order valence-electron chi connectivity index (χ1n) is 41.4. The Bertz CT molecular complexity index is 7770. The van der Waals surface area contributed by atoms with E-state index < -0.39 is 8.07 Å². The number of nitrogens with zero attached hydrogens (tertiary/aromatic N) is 5. The van der Waals surface area contributed by atoms with Gasteiger partial charge in [0.05, 0.1) is 55.8 Å². The van der Waals surface area contributed by atoms with Gasteiger partial charge in [0.25, 0.3) is 0 Å². The van der Waals surface area contributed by atoms with Gasteiger partial charge < -0.3 is 18.3 Å². The van der Waals surface area contributed by atoms with Crippen molar-refractivity contribution in [2.24, 2.45) is 0 Å². The topological polar surface area (TPSA) is 43.5 Å². The Morgan fingerprint density at radius 2 is 0.388 bits per heavy atom. The zero-order valence-corrected chi connectivity index (χ0v) is 67.2. The van der Waals surface area contributed by atoms with Crippen molar-refractivity contribution in [3.8, 4) is 95.6 Å². The maximum atomic E-state index is 9.82. The molecule has 0 saturated heterocycles. The molecule has 23 aromatic rings. The van der Waals surface area contributed by atoms with E-state index in [9.17, 15) is 5.26 Å². The summed E-state index contributed by atoms with van der Waals surface area (Å²) >= 11 is 0. The number of fused-ring (bicyclic) bond motifs is 12. The lowest BCUT2D eigenvalue weighted by Gasteiger charge is -2.34. The average Bonchev–Trinajstić information content (AvgIpc) is 1.71. The minimum atomic E-state index is -2.81. The molecule has 19 aromatic carbocycles. The number of hydrogen-bond acceptors (Lipinski definition) is 1. The summed E-state index contributed by atoms with van der Waals surface area (Å²) in [5.41, 5.74) is 28.7. The van der Waals surface area contributed by atoms with Crippen LogP contribution < -0.4 is 20.7 Å². The molecule has 0 aliphatic carbocycles. The van der Waals surface area contributed by atoms with Gasteiger partial charge in [-0.05, 0) is 215 Å². The van der Waals surface area contributed by atoms with Crippen LogP contribution in [0, 0.1) is 11.3 Å². The molecule has 23 rings (SSSR count). The lowest BCUT2D eigenvalue weighted by Crippen LogP contribution is -2.74. The predicted octanol–water partition coefficient (Wildman–Crippen LogP) is 27.0. The molecule has 0 unspecified atom stereocenters. The van der Waals surface area contributed by atoms with Gasteiger partial charge in [-0.25, -0.2) is 0 Å². The van der Waals surface area contributed by atoms with Gasteiger partial charge in [-0.1, -0.05) is 340 Å². The number of nitriles is 1. The molecular formula is C115H77N5Si. The van der Waals surface area contributed by atoms with Crippen LogP contribution in [-0.2, 0) is 0 Å². The molecule has 0 fully saturated rings. The lowest BCUT2D eigenvalue weighted by atomic mass is 10.0. The third kappa shape index (κ3) is 12.5. The van der Waals surface area contributed by atoms with Gasteiger partial charge in [-0.15, -0.1) is 0 Å². The third-order valence-corrected chi connectivity index (χ3v) is 29.4. The van der Waals surface area contributed by atoms with Crippen molar-refractivity contribution in [3.63, 3.8) is 0 Å². The van der Waals surface area contributed by atoms with E-state index in [4.69, 9.17) is 0 Å². The van der Waals surface area contributed by atoms with E-state index in [0.717, 1.165) is 50.1 Å². The quantitative estimate of drug-likeness (QED) is 0.0790. The third-order valence-electron chi connectivity index (χ3n) is 24.7. The van der Waals surface area contributed by atoms with Gasteiger partial charge >= 0.3 is 0 Å². The highest BCUT2D eigenvalue weighted by molar-refractivity contribution is 7.20. The normalized spacial score (nSPS) is 11.6. The smallest absolute Gasteiger partial charge is 0.179 e. The maximum Gasteiger partial charge on any atom is 0.179 e. The summed E-state index contributed by atoms with van der Waals surface area (Å²) < 4.78 is 9.52. The van der Waals surface area contributed by atoms with Gasteiger partial charge in [0.2, 0.25) is 0 Å². The largest absolute Gasteiger partial charge is 0.309 e. The molecule has 0 aliphatic rings. The molecule has 0 amide bonds. The van der Waals surface area contributed by atoms with Gasteiger partial charge in [0.1, 0.15) is 0 Å². The van der Waals surface area contributed by atoms with Gasteiger partial charge in [-0.3, -0.25) is 0 Å². The molecule has 566 valence electrons. The second-order valence-corrected chi connectivity index (χ2v) is 35.2. The molecule has 0 radical (unpaired) electrons. The van der Waals surface area contributed by atoms with Crippen molar-refractivity contribution < 1.29 is 0 Å². The fraction of sp³-hybridized carbons (Fsp3) is 0. The van der Waals surface area contributed by atoms with Crippen molar-refractivity contribution in [2.75, 3.05) is 0 Å². The summed E-state index contributed by atoms with van der Waals surface area (Å²) in [6.45, 7) is 0. The van der Waals surface area contributed by atoms with Gasteiger partial charge in [0, 0.05) is 65.8 Å². The Kier molecular flexibility index (Phi) is 17.9. The van der Waals surface area contributed by atoms with E-state index in [1.165, 1.54) is 147 Å². The SMILES string of the molecule is N#Cc1ccc2c3cc(-c4ccc5c(c4)c4ccccc4n5-c4ccc(-c5ccccc5)cc4)ccc3n(-c3ccc(-c4ccccc4)cc3)c2c1.c1ccc(-c2ccc(-n3c4ccccc4c4cc(-c5ccc6c(c5)c5cc([Si](c7ccccc7)(c7ccccc7)c7ccccc7)ccc5n6-c5ccc(-c6ccccc6)cc5)ccc43)cc2)cc1. The van der Waals surface area contributed by atoms with E-state index in [2.05, 4.69) is 473 Å². The highest BCUT2D eigenvalue weighted by atomic mass is 28.3. The van der Waals surface area contributed by atoms with E-state index in [1.54, 1.807) is 0 Å². The summed E-state index contributed by atoms with van der Waals surface area (Å²) in [6, 6.07) is 172. The molecule has 0 N–H and O–H groups in total. The number of benzene rings is 19. The molecule has 0 aliphatic heterocycles. The van der Waals surface area contributed by atoms with E-state index in [0.29, 0.717) is 5.56 Å². The van der Waals surface area contributed by atoms with Crippen molar-refractivity contribution in [1.29, 1.82) is 5.26 Å². The second kappa shape index (κ2) is 30.3. The van der Waals surface area contributed by atoms with Crippen LogP contribution in [0.15, 0.2) is 467 Å². The zero-order chi connectivity index (χ0) is 80.3. The summed E-state index contributed by atoms with van der Waals surface area (Å²) in [7, 11) is -2.81. The first kappa shape index (κ1) is 71.6. The molecule has 0 spiro atoms. The van der Waals surface area contributed by atoms with E-state index >= 15 is 0 Å². The van der Waals surface area contributed by atoms with Gasteiger partial charge in [0.15, 0.2) is 8.07 Å². The first-order valence-corrected chi connectivity index (χ1v) is 43.4. The van der Waals surface area contributed by atoms with Crippen LogP contribution in [0.1, 0.15) is 5.56 Å². The summed E-state index contributed by atoms with van der Waals surface area (Å²) in [5, 5.41) is 25.0. The van der Waals surface area contributed by atoms with Crippen LogP contribution in [0.5, 0.6) is 0 Å². The second-order valence-electron chi connectivity index (χ2n) is 31.4. The molecule has 6 heteroatoms. The molecule has 5 nitrogen and oxygen atoms in total. The number of aromatic nitrogens is 4. The fourth-order valence-electron chi connectivity index (χ4n) is 18.9. The van der Waals surface area contributed by atoms with Gasteiger partial charge in [-0.2, -0.15) is 5.26 Å². The minimum Gasteiger partial charge on any atom is -0.309 e. The summed E-state index contributed by atoms with van der Waals surface area (Å²) in [5.74, 6) is 0. The fourth-order valence-corrected chi connectivity index (χ4v) is 23.7. The zero-order valence-electron chi connectivity index (χ0n) is 66.2. The van der Waals surface area contributed by atoms with Crippen LogP contribution in [0.3, 0.4) is 0 Å². The van der Waals surface area contributed by atoms with Crippen LogP contribution >= 0.6 is 0 Å². The summed E-state index contributed by atoms with van der Waals surface area (Å²) in [4.78, 5) is 0. The van der Waals surface area contributed by atoms with Crippen LogP contribution in [0.2, 0.25) is 0 Å². The number of rotatable bonds is 14. The van der Waals surface area contributed by atoms with Crippen LogP contribution in [0.4, 0.5) is 0 Å². The Morgan fingerprint density at radius 3 is 0.702 bits per heavy atom. The minimum absolute atomic E-state index is 0.647. The van der Waals surface area contributed by atoms with E-state index in [1.807, 2.05) is 18.2 Å². The van der Waals surface area contributed by atoms with E-state index in [-0.39, 0.29) is 0 Å². The molecule has 4 aromatic heterocycles. The monoisotopic (exact) mass is 1560 g/mol. The molecule has 121 heavy (non-hydrogen) atoms. The highest BCUT2D eigenvalue weighted by Crippen LogP contribution is 2.43. The Morgan fingerprint density at radius 1 is 0.157 bits per heavy atom. The van der Waals surface area contributed by atoms with Crippen molar-refractivity contribution in [1.82, 2.24) is 18.3 Å². The molecule has 0 saturated carbocycles. The van der Waals surface area contributed by atoms with Crippen molar-refractivity contribution in [2.45, 2.75) is 0 Å². The molecular weight excluding hydrogens is 1480 g/mol. The standard InChI is InChI=1S/C66H46N2Si.C49H31N3/c1-6-18-47(19-7-1)49-30-36-53(37-31-49)67-63-29-17-16-28-59(63)60-44-51(34-41-64(60)67)52-35-42-65-61(45-52)62-46-58(40-43-66(62)68(65)54-38-32-50(33-39-54)48-20-8-2-9-21-48)69(55-22-10-3-11-23-55,56-24-12-4-13-25-56)57-26-14-5-15-27-57;50-32-33-15-26-43-45-31-39(21-28-48(45)52(49(43)29-33)41-24-18-37(19-25-41)35-11-5-2-6-12-35)38-20-27-47-44(30-38)42-13-7-8-14-46(42)51(47)40-22-16-36(17-23-40)34-9-3-1-4-10-34/h1-46H;1-31H. The van der Waals surface area contributed by atoms with Crippen LogP contribution in [-0.4, -0.2) is 26.3 Å². The Labute approximate surface area is 703 Å². The lowest BCUT2D eigenvalue weighted by molar-refractivity contribution is 1.18. The highest BCUT2D eigenvalue weighted by Gasteiger charge is 2.42. The van der Waals surface area contributed by atoms with Crippen molar-refractivity contribution >= 4 is 116 Å². The van der Waals surface area contributed by atoms with Crippen LogP contribution in [0.25, 0.3) is 177 Å². The molecule has 4 heterocycles. The molecule has 0 bridgehead atoms. The number of para-hydroxylation sites is 2. The Balaban J connectivity index is 0.000000151. The molecule has 0 atom stereocenters. The summed E-state index contributed by atoms with van der Waals surface area (Å²) in [6.07, 6.45) is 0. The number of hydrogen-bond donors (Lipinski definition) is 0. The maximum absolute atomic E-state index is 9.82. The Hall–Kier alpha value is -15.9. The van der Waals surface area contributed by atoms with Crippen molar-refractivity contribution in [3.05, 3.63) is 473 Å². The predicted molar refractivity (Wildman–Crippen MR) is 511 cm³/mol. The average molecular weight is 1560 g/mol. The first-order chi connectivity index (χ1) is 59.9.